The summed E-state index contributed by atoms with van der Waals surface area (Å²) < 4.78 is 25.1. The second kappa shape index (κ2) is 9.06. The minimum absolute atomic E-state index is 0.0584. The maximum Gasteiger partial charge on any atom is 0.439 e. The van der Waals surface area contributed by atoms with Gasteiger partial charge in [0, 0.05) is 17.7 Å². The molecular formula is C27H22FN3O4. The highest BCUT2D eigenvalue weighted by molar-refractivity contribution is 5.87. The Morgan fingerprint density at radius 2 is 1.86 bits per heavy atom. The highest BCUT2D eigenvalue weighted by Gasteiger charge is 2.17. The lowest BCUT2D eigenvalue weighted by Crippen LogP contribution is -2.06. The third-order valence-electron chi connectivity index (χ3n) is 5.98. The number of aromatic hydroxyl groups is 1. The molecule has 0 atom stereocenters. The molecule has 0 amide bonds. The van der Waals surface area contributed by atoms with Crippen LogP contribution in [0.4, 0.5) is 4.39 Å². The number of rotatable bonds is 6. The minimum atomic E-state index is -0.698. The van der Waals surface area contributed by atoms with Crippen LogP contribution in [0.1, 0.15) is 28.2 Å². The minimum Gasteiger partial charge on any atom is -0.506 e. The van der Waals surface area contributed by atoms with Crippen molar-refractivity contribution >= 4 is 10.8 Å². The molecule has 8 heteroatoms. The molecule has 0 spiro atoms. The zero-order valence-corrected chi connectivity index (χ0v) is 19.1. The van der Waals surface area contributed by atoms with E-state index in [1.54, 1.807) is 25.1 Å². The van der Waals surface area contributed by atoms with E-state index in [2.05, 4.69) is 14.7 Å². The van der Waals surface area contributed by atoms with Crippen molar-refractivity contribution in [2.75, 3.05) is 0 Å². The Bertz CT molecular complexity index is 1610. The monoisotopic (exact) mass is 471 g/mol. The van der Waals surface area contributed by atoms with E-state index in [4.69, 9.17) is 9.72 Å². The molecule has 5 aromatic rings. The van der Waals surface area contributed by atoms with E-state index >= 15 is 4.39 Å². The van der Waals surface area contributed by atoms with Crippen LogP contribution in [0.15, 0.2) is 70.0 Å². The average Bonchev–Trinajstić information content (AvgIpc) is 3.28. The van der Waals surface area contributed by atoms with Crippen molar-refractivity contribution < 1.29 is 18.8 Å². The number of aromatic amines is 1. The summed E-state index contributed by atoms with van der Waals surface area (Å²) in [6.45, 7) is 3.43. The molecule has 2 aromatic heterocycles. The smallest absolute Gasteiger partial charge is 0.439 e. The van der Waals surface area contributed by atoms with Gasteiger partial charge in [0.2, 0.25) is 0 Å². The summed E-state index contributed by atoms with van der Waals surface area (Å²) in [7, 11) is 0. The van der Waals surface area contributed by atoms with Crippen LogP contribution in [-0.4, -0.2) is 20.2 Å². The summed E-state index contributed by atoms with van der Waals surface area (Å²) >= 11 is 0. The summed E-state index contributed by atoms with van der Waals surface area (Å²) in [5.74, 6) is -0.883. The topological polar surface area (TPSA) is 101 Å². The normalized spacial score (nSPS) is 11.2. The van der Waals surface area contributed by atoms with E-state index in [0.29, 0.717) is 23.4 Å². The van der Waals surface area contributed by atoms with Gasteiger partial charge in [0.05, 0.1) is 0 Å². The molecule has 0 radical (unpaired) electrons. The first-order valence-corrected chi connectivity index (χ1v) is 11.0. The number of fused-ring (bicyclic) bond motifs is 1. The number of hydrogen-bond donors (Lipinski definition) is 2. The summed E-state index contributed by atoms with van der Waals surface area (Å²) in [4.78, 5) is 18.1. The van der Waals surface area contributed by atoms with E-state index in [0.717, 1.165) is 27.5 Å². The van der Waals surface area contributed by atoms with Gasteiger partial charge in [-0.1, -0.05) is 41.6 Å². The maximum absolute atomic E-state index is 15.1. The van der Waals surface area contributed by atoms with Crippen LogP contribution in [-0.2, 0) is 13.0 Å². The first-order chi connectivity index (χ1) is 16.9. The number of hydrogen-bond acceptors (Lipinski definition) is 6. The lowest BCUT2D eigenvalue weighted by atomic mass is 9.96. The van der Waals surface area contributed by atoms with Crippen LogP contribution in [0.25, 0.3) is 22.0 Å². The van der Waals surface area contributed by atoms with Gasteiger partial charge in [-0.15, -0.1) is 0 Å². The predicted molar refractivity (Wildman–Crippen MR) is 129 cm³/mol. The number of nitrogens with one attached hydrogen (secondary N) is 1. The van der Waals surface area contributed by atoms with Crippen LogP contribution in [0, 0.1) is 19.7 Å². The molecule has 0 saturated carbocycles. The fourth-order valence-corrected chi connectivity index (χ4v) is 4.13. The summed E-state index contributed by atoms with van der Waals surface area (Å²) in [5, 5.41) is 16.2. The lowest BCUT2D eigenvalue weighted by Gasteiger charge is -2.15. The molecule has 2 N–H and O–H groups in total. The molecule has 2 heterocycles. The van der Waals surface area contributed by atoms with Crippen molar-refractivity contribution in [1.82, 2.24) is 15.1 Å². The van der Waals surface area contributed by atoms with E-state index in [1.165, 1.54) is 0 Å². The van der Waals surface area contributed by atoms with Crippen LogP contribution < -0.4 is 10.5 Å². The van der Waals surface area contributed by atoms with Crippen LogP contribution >= 0.6 is 0 Å². The molecule has 176 valence electrons. The van der Waals surface area contributed by atoms with Crippen molar-refractivity contribution in [1.29, 1.82) is 0 Å². The molecule has 0 unspecified atom stereocenters. The van der Waals surface area contributed by atoms with Crippen molar-refractivity contribution in [2.45, 2.75) is 26.9 Å². The summed E-state index contributed by atoms with van der Waals surface area (Å²) in [6, 6.07) is 18.9. The van der Waals surface area contributed by atoms with E-state index < -0.39 is 11.6 Å². The number of pyridine rings is 1. The SMILES string of the molecule is Cc1cc(OCc2noc(=O)[nH]2)c(F)c(C)c1Cc1ccc(O)c(-c2ccc3ccccc3c2)n1. The number of ether oxygens (including phenoxy) is 1. The molecule has 0 bridgehead atoms. The fraction of sp³-hybridized carbons (Fsp3) is 0.148. The maximum atomic E-state index is 15.1. The molecule has 0 aliphatic carbocycles. The van der Waals surface area contributed by atoms with Crippen molar-refractivity contribution in [3.8, 4) is 22.8 Å². The third kappa shape index (κ3) is 4.50. The number of aryl methyl sites for hydroxylation is 1. The Labute approximate surface area is 199 Å². The Morgan fingerprint density at radius 1 is 1.06 bits per heavy atom. The Hall–Kier alpha value is -4.46. The number of halogens is 1. The third-order valence-corrected chi connectivity index (χ3v) is 5.98. The molecule has 0 aliphatic rings. The van der Waals surface area contributed by atoms with E-state index in [9.17, 15) is 9.90 Å². The highest BCUT2D eigenvalue weighted by atomic mass is 19.1. The second-order valence-corrected chi connectivity index (χ2v) is 8.35. The summed E-state index contributed by atoms with van der Waals surface area (Å²) in [6.07, 6.45) is 0.381. The van der Waals surface area contributed by atoms with E-state index in [1.807, 2.05) is 49.4 Å². The Balaban J connectivity index is 1.43. The van der Waals surface area contributed by atoms with E-state index in [-0.39, 0.29) is 23.9 Å². The first kappa shape index (κ1) is 22.3. The fourth-order valence-electron chi connectivity index (χ4n) is 4.13. The zero-order chi connectivity index (χ0) is 24.5. The predicted octanol–water partition coefficient (Wildman–Crippen LogP) is 5.21. The number of H-pyrrole nitrogens is 1. The van der Waals surface area contributed by atoms with Crippen LogP contribution in [0.2, 0.25) is 0 Å². The first-order valence-electron chi connectivity index (χ1n) is 11.0. The van der Waals surface area contributed by atoms with Gasteiger partial charge in [-0.25, -0.2) is 14.2 Å². The van der Waals surface area contributed by atoms with Crippen molar-refractivity contribution in [3.63, 3.8) is 0 Å². The van der Waals surface area contributed by atoms with Gasteiger partial charge >= 0.3 is 5.76 Å². The molecule has 5 rings (SSSR count). The highest BCUT2D eigenvalue weighted by Crippen LogP contribution is 2.32. The number of nitrogens with zero attached hydrogens (tertiary/aromatic N) is 2. The van der Waals surface area contributed by atoms with Gasteiger partial charge in [-0.2, -0.15) is 0 Å². The molecule has 7 nitrogen and oxygen atoms in total. The zero-order valence-electron chi connectivity index (χ0n) is 19.1. The van der Waals surface area contributed by atoms with Gasteiger partial charge in [-0.3, -0.25) is 9.51 Å². The number of aromatic nitrogens is 3. The Morgan fingerprint density at radius 3 is 2.63 bits per heavy atom. The quantitative estimate of drug-likeness (QED) is 0.353. The lowest BCUT2D eigenvalue weighted by molar-refractivity contribution is 0.271. The molecular weight excluding hydrogens is 449 g/mol. The average molecular weight is 471 g/mol. The van der Waals surface area contributed by atoms with Gasteiger partial charge < -0.3 is 9.84 Å². The largest absolute Gasteiger partial charge is 0.506 e. The van der Waals surface area contributed by atoms with Gasteiger partial charge in [0.25, 0.3) is 0 Å². The van der Waals surface area contributed by atoms with Crippen LogP contribution in [0.3, 0.4) is 0 Å². The van der Waals surface area contributed by atoms with Gasteiger partial charge in [-0.05, 0) is 65.6 Å². The Kier molecular flexibility index (Phi) is 5.78. The van der Waals surface area contributed by atoms with Gasteiger partial charge in [0.15, 0.2) is 17.4 Å². The molecule has 0 saturated heterocycles. The molecule has 3 aromatic carbocycles. The molecule has 0 fully saturated rings. The molecule has 35 heavy (non-hydrogen) atoms. The van der Waals surface area contributed by atoms with Crippen molar-refractivity contribution in [3.05, 3.63) is 105 Å². The second-order valence-electron chi connectivity index (χ2n) is 8.35. The van der Waals surface area contributed by atoms with Crippen molar-refractivity contribution in [2.24, 2.45) is 0 Å². The summed E-state index contributed by atoms with van der Waals surface area (Å²) in [5.41, 5.74) is 4.03. The number of benzene rings is 3. The van der Waals surface area contributed by atoms with Gasteiger partial charge in [0.1, 0.15) is 18.1 Å². The van der Waals surface area contributed by atoms with Crippen LogP contribution in [0.5, 0.6) is 11.5 Å². The standard InChI is InChI=1S/C27H22FN3O4/c1-15-11-23(34-14-24-30-27(33)35-31-24)25(28)16(2)21(15)13-20-9-10-22(32)26(29-20)19-8-7-17-5-3-4-6-18(17)12-19/h3-12,32H,13-14H2,1-2H3,(H,30,31,33). The molecule has 0 aliphatic heterocycles.